The van der Waals surface area contributed by atoms with Crippen LogP contribution in [0, 0.1) is 0 Å². The Balaban J connectivity index is 4.72. The zero-order valence-electron chi connectivity index (χ0n) is 13.4. The van der Waals surface area contributed by atoms with Crippen molar-refractivity contribution >= 4 is 41.4 Å². The largest absolute Gasteiger partial charge is 0.478 e. The highest BCUT2D eigenvalue weighted by atomic mass is 16.6. The summed E-state index contributed by atoms with van der Waals surface area (Å²) >= 11 is 0. The molecule has 0 bridgehead atoms. The molecule has 2 atom stereocenters. The van der Waals surface area contributed by atoms with Gasteiger partial charge in [0.2, 0.25) is 0 Å². The fourth-order valence-electron chi connectivity index (χ4n) is 1.92. The third-order valence-electron chi connectivity index (χ3n) is 2.53. The zero-order chi connectivity index (χ0) is 16.8. The number of carbonyl (C=O) groups is 3. The van der Waals surface area contributed by atoms with Crippen LogP contribution in [0.15, 0.2) is 0 Å². The first-order valence-corrected chi connectivity index (χ1v) is 6.71. The van der Waals surface area contributed by atoms with E-state index in [9.17, 15) is 19.5 Å². The fourth-order valence-corrected chi connectivity index (χ4v) is 1.92. The Hall–Kier alpha value is -1.44. The SMILES string of the molecule is BC(B)(CC(B)(O)C(=O)O[C@@H](C)C(=O)OCC)OC(C)=O. The summed E-state index contributed by atoms with van der Waals surface area (Å²) in [5.41, 5.74) is -1.90. The van der Waals surface area contributed by atoms with Gasteiger partial charge in [-0.25, -0.2) is 9.59 Å². The standard InChI is InChI=1S/C11H21B3O7/c1-4-19-8(16)6(2)20-9(17)10(12,18)5-11(13,14)21-7(3)15/h6,18H,4-5,12-14H2,1-3H3/t6-,10?/m0/s1. The maximum Gasteiger partial charge on any atom is 0.347 e. The third kappa shape index (κ3) is 7.22. The molecule has 7 nitrogen and oxygen atoms in total. The first-order chi connectivity index (χ1) is 9.41. The summed E-state index contributed by atoms with van der Waals surface area (Å²) in [6, 6.07) is 0. The molecule has 0 fully saturated rings. The second-order valence-corrected chi connectivity index (χ2v) is 5.60. The predicted octanol–water partition coefficient (Wildman–Crippen LogP) is -3.32. The van der Waals surface area contributed by atoms with Crippen LogP contribution >= 0.6 is 0 Å². The van der Waals surface area contributed by atoms with Crippen LogP contribution in [0.25, 0.3) is 0 Å². The van der Waals surface area contributed by atoms with Crippen LogP contribution in [-0.2, 0) is 28.6 Å². The number of esters is 3. The molecular formula is C11H21B3O7. The summed E-state index contributed by atoms with van der Waals surface area (Å²) in [5.74, 6) is -2.20. The van der Waals surface area contributed by atoms with E-state index in [2.05, 4.69) is 0 Å². The Morgan fingerprint density at radius 1 is 1.24 bits per heavy atom. The molecule has 0 radical (unpaired) electrons. The molecule has 0 aliphatic rings. The number of aliphatic hydroxyl groups is 1. The van der Waals surface area contributed by atoms with Crippen molar-refractivity contribution in [2.24, 2.45) is 0 Å². The molecule has 0 saturated carbocycles. The van der Waals surface area contributed by atoms with Gasteiger partial charge in [0.1, 0.15) is 21.2 Å². The lowest BCUT2D eigenvalue weighted by Crippen LogP contribution is -2.51. The molecule has 10 heteroatoms. The molecule has 116 valence electrons. The van der Waals surface area contributed by atoms with Crippen LogP contribution < -0.4 is 0 Å². The lowest BCUT2D eigenvalue weighted by Gasteiger charge is -2.32. The highest BCUT2D eigenvalue weighted by Crippen LogP contribution is 2.19. The van der Waals surface area contributed by atoms with Gasteiger partial charge < -0.3 is 19.3 Å². The zero-order valence-corrected chi connectivity index (χ0v) is 13.4. The minimum Gasteiger partial charge on any atom is -0.478 e. The summed E-state index contributed by atoms with van der Waals surface area (Å²) in [4.78, 5) is 34.3. The van der Waals surface area contributed by atoms with Gasteiger partial charge in [-0.2, -0.15) is 0 Å². The Kier molecular flexibility index (Phi) is 7.02. The molecule has 21 heavy (non-hydrogen) atoms. The van der Waals surface area contributed by atoms with Crippen molar-refractivity contribution in [2.75, 3.05) is 6.61 Å². The minimum atomic E-state index is -1.90. The topological polar surface area (TPSA) is 99.1 Å². The van der Waals surface area contributed by atoms with Crippen LogP contribution in [0.1, 0.15) is 27.2 Å². The van der Waals surface area contributed by atoms with Crippen molar-refractivity contribution in [3.05, 3.63) is 0 Å². The fraction of sp³-hybridized carbons (Fsp3) is 0.727. The molecule has 0 rings (SSSR count). The molecule has 0 spiro atoms. The molecule has 0 aromatic heterocycles. The maximum absolute atomic E-state index is 11.9. The van der Waals surface area contributed by atoms with Crippen LogP contribution in [0.5, 0.6) is 0 Å². The van der Waals surface area contributed by atoms with E-state index in [-0.39, 0.29) is 13.0 Å². The number of carbonyl (C=O) groups excluding carboxylic acids is 3. The van der Waals surface area contributed by atoms with Crippen molar-refractivity contribution in [2.45, 2.75) is 44.2 Å². The number of hydrogen-bond donors (Lipinski definition) is 1. The quantitative estimate of drug-likeness (QED) is 0.298. The van der Waals surface area contributed by atoms with E-state index in [0.29, 0.717) is 0 Å². The summed E-state index contributed by atoms with van der Waals surface area (Å²) in [6.45, 7) is 4.38. The highest BCUT2D eigenvalue weighted by Gasteiger charge is 2.40. The van der Waals surface area contributed by atoms with Crippen LogP contribution in [0.4, 0.5) is 0 Å². The molecular weight excluding hydrogens is 277 g/mol. The Labute approximate surface area is 126 Å². The molecule has 0 saturated heterocycles. The minimum absolute atomic E-state index is 0.163. The van der Waals surface area contributed by atoms with Crippen molar-refractivity contribution < 1.29 is 33.7 Å². The Bertz CT molecular complexity index is 409. The molecule has 0 aromatic rings. The predicted molar refractivity (Wildman–Crippen MR) is 81.9 cm³/mol. The van der Waals surface area contributed by atoms with Crippen molar-refractivity contribution in [1.82, 2.24) is 0 Å². The van der Waals surface area contributed by atoms with Gasteiger partial charge in [0.05, 0.1) is 6.61 Å². The van der Waals surface area contributed by atoms with Gasteiger partial charge in [0.25, 0.3) is 0 Å². The van der Waals surface area contributed by atoms with E-state index in [1.54, 1.807) is 22.6 Å². The average molecular weight is 298 g/mol. The first-order valence-electron chi connectivity index (χ1n) is 6.71. The second-order valence-electron chi connectivity index (χ2n) is 5.60. The van der Waals surface area contributed by atoms with E-state index >= 15 is 0 Å². The van der Waals surface area contributed by atoms with Crippen LogP contribution in [0.3, 0.4) is 0 Å². The second kappa shape index (κ2) is 7.54. The van der Waals surface area contributed by atoms with E-state index in [0.717, 1.165) is 0 Å². The van der Waals surface area contributed by atoms with Gasteiger partial charge in [0, 0.05) is 18.7 Å². The molecule has 1 unspecified atom stereocenters. The molecule has 0 heterocycles. The molecule has 0 aliphatic carbocycles. The average Bonchev–Trinajstić information content (AvgIpc) is 2.25. The highest BCUT2D eigenvalue weighted by molar-refractivity contribution is 6.40. The maximum atomic E-state index is 11.9. The summed E-state index contributed by atoms with van der Waals surface area (Å²) in [6.07, 6.45) is -1.30. The monoisotopic (exact) mass is 298 g/mol. The first kappa shape index (κ1) is 19.6. The molecule has 0 aromatic carbocycles. The number of rotatable bonds is 7. The Morgan fingerprint density at radius 2 is 1.76 bits per heavy atom. The van der Waals surface area contributed by atoms with Gasteiger partial charge in [-0.05, 0) is 13.8 Å². The molecule has 0 aliphatic heterocycles. The lowest BCUT2D eigenvalue weighted by molar-refractivity contribution is -0.176. The van der Waals surface area contributed by atoms with Gasteiger partial charge in [-0.3, -0.25) is 4.79 Å². The van der Waals surface area contributed by atoms with E-state index in [1.165, 1.54) is 21.7 Å². The number of hydrogen-bond acceptors (Lipinski definition) is 7. The van der Waals surface area contributed by atoms with Gasteiger partial charge in [-0.1, -0.05) is 0 Å². The van der Waals surface area contributed by atoms with Crippen LogP contribution in [0.2, 0.25) is 0 Å². The van der Waals surface area contributed by atoms with Gasteiger partial charge in [0.15, 0.2) is 14.0 Å². The molecule has 0 amide bonds. The third-order valence-corrected chi connectivity index (χ3v) is 2.53. The molecule has 1 N–H and O–H groups in total. The summed E-state index contributed by atoms with van der Waals surface area (Å²) in [5, 5.41) is 9.12. The Morgan fingerprint density at radius 3 is 2.19 bits per heavy atom. The van der Waals surface area contributed by atoms with Crippen molar-refractivity contribution in [1.29, 1.82) is 0 Å². The van der Waals surface area contributed by atoms with Crippen molar-refractivity contribution in [3.8, 4) is 0 Å². The van der Waals surface area contributed by atoms with Gasteiger partial charge >= 0.3 is 17.9 Å². The van der Waals surface area contributed by atoms with E-state index in [1.807, 2.05) is 0 Å². The van der Waals surface area contributed by atoms with Crippen LogP contribution in [-0.4, -0.2) is 70.2 Å². The normalized spacial score (nSPS) is 15.4. The van der Waals surface area contributed by atoms with E-state index in [4.69, 9.17) is 14.2 Å². The van der Waals surface area contributed by atoms with Gasteiger partial charge in [-0.15, -0.1) is 0 Å². The van der Waals surface area contributed by atoms with E-state index < -0.39 is 34.9 Å². The lowest BCUT2D eigenvalue weighted by atomic mass is 9.57. The summed E-state index contributed by atoms with van der Waals surface area (Å²) < 4.78 is 14.6. The number of ether oxygens (including phenoxy) is 3. The van der Waals surface area contributed by atoms with Crippen molar-refractivity contribution in [3.63, 3.8) is 0 Å². The smallest absolute Gasteiger partial charge is 0.347 e. The summed E-state index contributed by atoms with van der Waals surface area (Å²) in [7, 11) is 4.36.